The van der Waals surface area contributed by atoms with E-state index in [-0.39, 0.29) is 35.5 Å². The van der Waals surface area contributed by atoms with E-state index in [0.717, 1.165) is 11.1 Å². The fourth-order valence-corrected chi connectivity index (χ4v) is 4.96. The maximum atomic E-state index is 13.3. The highest BCUT2D eigenvalue weighted by molar-refractivity contribution is 5.97. The van der Waals surface area contributed by atoms with E-state index in [4.69, 9.17) is 0 Å². The number of nitrogens with one attached hydrogen (secondary N) is 2. The highest BCUT2D eigenvalue weighted by Gasteiger charge is 2.35. The number of carbonyl (C=O) groups is 2. The number of rotatable bonds is 11. The lowest BCUT2D eigenvalue weighted by Crippen LogP contribution is -2.57. The topological polar surface area (TPSA) is 139 Å². The van der Waals surface area contributed by atoms with Crippen LogP contribution in [0.15, 0.2) is 97.1 Å². The molecule has 0 spiro atoms. The Morgan fingerprint density at radius 2 is 0.929 bits per heavy atom. The molecule has 0 radical (unpaired) electrons. The summed E-state index contributed by atoms with van der Waals surface area (Å²) in [6.45, 7) is 3.24. The van der Waals surface area contributed by atoms with Crippen molar-refractivity contribution in [1.82, 2.24) is 10.6 Å². The standard InChI is InChI=1S/C34H36N2O6/c1-21-25(15-9-17-29(21)37)33(41)35-27(19-23-11-5-3-6-12-23)31(39)32(40)28(20-24-13-7-4-8-14-24)36-34(42)26-16-10-18-30(38)22(26)2/h3-18,27-28,31-32,37-40H,19-20H2,1-2H3,(H,35,41)(H,36,42)/t27-,28-,31-,32+/m0/s1. The van der Waals surface area contributed by atoms with Gasteiger partial charge in [-0.25, -0.2) is 0 Å². The molecule has 0 saturated heterocycles. The van der Waals surface area contributed by atoms with Crippen molar-refractivity contribution in [1.29, 1.82) is 0 Å². The van der Waals surface area contributed by atoms with E-state index in [2.05, 4.69) is 10.6 Å². The molecule has 4 aromatic rings. The second-order valence-corrected chi connectivity index (χ2v) is 10.4. The molecule has 8 heteroatoms. The average molecular weight is 569 g/mol. The van der Waals surface area contributed by atoms with Crippen LogP contribution < -0.4 is 10.6 Å². The zero-order valence-corrected chi connectivity index (χ0v) is 23.6. The van der Waals surface area contributed by atoms with Gasteiger partial charge in [0, 0.05) is 22.3 Å². The van der Waals surface area contributed by atoms with Crippen LogP contribution in [0.1, 0.15) is 43.0 Å². The van der Waals surface area contributed by atoms with Crippen LogP contribution in [0.5, 0.6) is 11.5 Å². The Morgan fingerprint density at radius 1 is 0.571 bits per heavy atom. The largest absolute Gasteiger partial charge is 0.508 e. The zero-order valence-electron chi connectivity index (χ0n) is 23.6. The van der Waals surface area contributed by atoms with Crippen LogP contribution in [-0.4, -0.2) is 56.5 Å². The Balaban J connectivity index is 1.64. The van der Waals surface area contributed by atoms with Crippen LogP contribution in [0.2, 0.25) is 0 Å². The molecule has 218 valence electrons. The third kappa shape index (κ3) is 7.34. The second-order valence-electron chi connectivity index (χ2n) is 10.4. The zero-order chi connectivity index (χ0) is 30.2. The summed E-state index contributed by atoms with van der Waals surface area (Å²) in [5.41, 5.74) is 2.89. The molecule has 6 N–H and O–H groups in total. The Kier molecular flexibility index (Phi) is 9.96. The molecule has 42 heavy (non-hydrogen) atoms. The highest BCUT2D eigenvalue weighted by atomic mass is 16.3. The van der Waals surface area contributed by atoms with Crippen LogP contribution in [0.25, 0.3) is 0 Å². The van der Waals surface area contributed by atoms with Crippen molar-refractivity contribution in [2.75, 3.05) is 0 Å². The Hall–Kier alpha value is -4.66. The van der Waals surface area contributed by atoms with Crippen molar-refractivity contribution in [3.05, 3.63) is 130 Å². The van der Waals surface area contributed by atoms with Crippen LogP contribution in [0, 0.1) is 13.8 Å². The SMILES string of the molecule is Cc1c(O)cccc1C(=O)N[C@@H](Cc1ccccc1)[C@H](O)[C@H](O)[C@H](Cc1ccccc1)NC(=O)c1cccc(O)c1C. The Bertz CT molecular complexity index is 1390. The molecule has 2 amide bonds. The van der Waals surface area contributed by atoms with Crippen LogP contribution in [0.3, 0.4) is 0 Å². The van der Waals surface area contributed by atoms with Gasteiger partial charge in [-0.15, -0.1) is 0 Å². The molecular formula is C34H36N2O6. The summed E-state index contributed by atoms with van der Waals surface area (Å²) < 4.78 is 0. The fourth-order valence-electron chi connectivity index (χ4n) is 4.96. The molecule has 0 unspecified atom stereocenters. The molecular weight excluding hydrogens is 532 g/mol. The summed E-state index contributed by atoms with van der Waals surface area (Å²) in [7, 11) is 0. The molecule has 0 aliphatic carbocycles. The van der Waals surface area contributed by atoms with Gasteiger partial charge in [-0.05, 0) is 62.1 Å². The minimum atomic E-state index is -1.49. The van der Waals surface area contributed by atoms with Crippen molar-refractivity contribution in [3.63, 3.8) is 0 Å². The number of phenolic OH excluding ortho intramolecular Hbond substituents is 2. The van der Waals surface area contributed by atoms with Crippen molar-refractivity contribution >= 4 is 11.8 Å². The van der Waals surface area contributed by atoms with E-state index in [0.29, 0.717) is 11.1 Å². The van der Waals surface area contributed by atoms with Gasteiger partial charge in [0.15, 0.2) is 0 Å². The predicted molar refractivity (Wildman–Crippen MR) is 161 cm³/mol. The molecule has 0 saturated carbocycles. The molecule has 4 atom stereocenters. The highest BCUT2D eigenvalue weighted by Crippen LogP contribution is 2.22. The number of aromatic hydroxyl groups is 2. The predicted octanol–water partition coefficient (Wildman–Crippen LogP) is 3.82. The smallest absolute Gasteiger partial charge is 0.252 e. The third-order valence-electron chi connectivity index (χ3n) is 7.50. The monoisotopic (exact) mass is 568 g/mol. The molecule has 0 bridgehead atoms. The Morgan fingerprint density at radius 3 is 1.29 bits per heavy atom. The van der Waals surface area contributed by atoms with E-state index in [1.165, 1.54) is 12.1 Å². The lowest BCUT2D eigenvalue weighted by molar-refractivity contribution is -0.0219. The van der Waals surface area contributed by atoms with Crippen LogP contribution in [0.4, 0.5) is 0 Å². The average Bonchev–Trinajstić information content (AvgIpc) is 2.99. The summed E-state index contributed by atoms with van der Waals surface area (Å²) >= 11 is 0. The lowest BCUT2D eigenvalue weighted by Gasteiger charge is -2.33. The van der Waals surface area contributed by atoms with Gasteiger partial charge in [0.2, 0.25) is 0 Å². The molecule has 4 aromatic carbocycles. The number of hydrogen-bond donors (Lipinski definition) is 6. The van der Waals surface area contributed by atoms with Gasteiger partial charge in [-0.1, -0.05) is 72.8 Å². The van der Waals surface area contributed by atoms with Crippen molar-refractivity contribution in [2.45, 2.75) is 51.0 Å². The first kappa shape index (κ1) is 30.3. The van der Waals surface area contributed by atoms with Gasteiger partial charge in [0.25, 0.3) is 11.8 Å². The van der Waals surface area contributed by atoms with Gasteiger partial charge in [-0.3, -0.25) is 9.59 Å². The van der Waals surface area contributed by atoms with Crippen molar-refractivity contribution in [3.8, 4) is 11.5 Å². The molecule has 0 heterocycles. The minimum Gasteiger partial charge on any atom is -0.508 e. The quantitative estimate of drug-likeness (QED) is 0.163. The molecule has 0 aromatic heterocycles. The van der Waals surface area contributed by atoms with Crippen LogP contribution >= 0.6 is 0 Å². The molecule has 0 fully saturated rings. The fraction of sp³-hybridized carbons (Fsp3) is 0.235. The van der Waals surface area contributed by atoms with Gasteiger partial charge in [-0.2, -0.15) is 0 Å². The van der Waals surface area contributed by atoms with Gasteiger partial charge in [0.05, 0.1) is 12.1 Å². The van der Waals surface area contributed by atoms with Gasteiger partial charge in [0.1, 0.15) is 23.7 Å². The summed E-state index contributed by atoms with van der Waals surface area (Å²) in [4.78, 5) is 26.7. The number of phenols is 2. The van der Waals surface area contributed by atoms with E-state index < -0.39 is 36.1 Å². The lowest BCUT2D eigenvalue weighted by atomic mass is 9.90. The molecule has 4 rings (SSSR count). The van der Waals surface area contributed by atoms with E-state index in [1.807, 2.05) is 60.7 Å². The number of hydrogen-bond acceptors (Lipinski definition) is 6. The maximum Gasteiger partial charge on any atom is 0.252 e. The Labute approximate surface area is 245 Å². The number of aliphatic hydroxyl groups is 2. The summed E-state index contributed by atoms with van der Waals surface area (Å²) in [5.74, 6) is -1.10. The van der Waals surface area contributed by atoms with Crippen molar-refractivity contribution in [2.24, 2.45) is 0 Å². The number of amides is 2. The third-order valence-corrected chi connectivity index (χ3v) is 7.50. The van der Waals surface area contributed by atoms with E-state index in [1.54, 1.807) is 38.1 Å². The maximum absolute atomic E-state index is 13.3. The first-order valence-corrected chi connectivity index (χ1v) is 13.8. The molecule has 8 nitrogen and oxygen atoms in total. The van der Waals surface area contributed by atoms with Crippen molar-refractivity contribution < 1.29 is 30.0 Å². The molecule has 0 aliphatic rings. The summed E-state index contributed by atoms with van der Waals surface area (Å²) in [6.07, 6.45) is -2.60. The van der Waals surface area contributed by atoms with E-state index >= 15 is 0 Å². The second kappa shape index (κ2) is 13.8. The number of carbonyl (C=O) groups excluding carboxylic acids is 2. The summed E-state index contributed by atoms with van der Waals surface area (Å²) in [6, 6.07) is 25.8. The number of benzene rings is 4. The van der Waals surface area contributed by atoms with Gasteiger partial charge >= 0.3 is 0 Å². The normalized spacial score (nSPS) is 13.9. The number of aliphatic hydroxyl groups excluding tert-OH is 2. The summed E-state index contributed by atoms with van der Waals surface area (Å²) in [5, 5.41) is 49.1. The first-order valence-electron chi connectivity index (χ1n) is 13.8. The van der Waals surface area contributed by atoms with Gasteiger partial charge < -0.3 is 31.1 Å². The first-order chi connectivity index (χ1) is 20.2. The molecule has 0 aliphatic heterocycles. The van der Waals surface area contributed by atoms with E-state index in [9.17, 15) is 30.0 Å². The van der Waals surface area contributed by atoms with Crippen LogP contribution in [-0.2, 0) is 12.8 Å². The minimum absolute atomic E-state index is 0.0317.